The fourth-order valence-electron chi connectivity index (χ4n) is 2.19. The van der Waals surface area contributed by atoms with E-state index in [0.29, 0.717) is 4.70 Å². The molecule has 3 aromatic rings. The molecule has 90 valence electrons. The predicted octanol–water partition coefficient (Wildman–Crippen LogP) is 5.16. The summed E-state index contributed by atoms with van der Waals surface area (Å²) in [7, 11) is -0.486. The molecule has 1 atom stereocenters. The van der Waals surface area contributed by atoms with Gasteiger partial charge >= 0.3 is 0 Å². The Labute approximate surface area is 106 Å². The molecule has 0 nitrogen and oxygen atoms in total. The Hall–Kier alpha value is -1.74. The highest BCUT2D eigenvalue weighted by molar-refractivity contribution is 7.45. The van der Waals surface area contributed by atoms with Gasteiger partial charge in [-0.2, -0.15) is 0 Å². The zero-order valence-corrected chi connectivity index (χ0v) is 10.6. The molecular formula is C15H11F2S+. The predicted molar refractivity (Wildman–Crippen MR) is 72.4 cm³/mol. The van der Waals surface area contributed by atoms with E-state index in [4.69, 9.17) is 0 Å². The summed E-state index contributed by atoms with van der Waals surface area (Å²) in [6, 6.07) is 13.5. The Balaban J connectivity index is 2.38. The van der Waals surface area contributed by atoms with Gasteiger partial charge in [0.25, 0.3) is 0 Å². The molecule has 1 unspecified atom stereocenters. The Bertz CT molecular complexity index is 728. The van der Waals surface area contributed by atoms with Crippen LogP contribution in [0.1, 0.15) is 4.88 Å². The van der Waals surface area contributed by atoms with Crippen molar-refractivity contribution >= 4 is 20.6 Å². The standard InChI is InChI=1S/C15H11F2S/c1-10-8-11-4-2-7-14(17)15(11)18(10)13-6-3-5-12(16)9-13/h2-9H,1H3/q+1. The van der Waals surface area contributed by atoms with Crippen molar-refractivity contribution in [2.45, 2.75) is 6.92 Å². The maximum absolute atomic E-state index is 14.0. The molecule has 3 rings (SSSR count). The van der Waals surface area contributed by atoms with Crippen molar-refractivity contribution in [3.05, 3.63) is 65.0 Å². The highest BCUT2D eigenvalue weighted by atomic mass is 32.2. The molecule has 0 N–H and O–H groups in total. The second-order valence-corrected chi connectivity index (χ2v) is 6.31. The summed E-state index contributed by atoms with van der Waals surface area (Å²) in [5, 5.41) is 0.903. The fourth-order valence-corrected chi connectivity index (χ4v) is 4.44. The third kappa shape index (κ3) is 1.71. The van der Waals surface area contributed by atoms with Crippen LogP contribution in [0.4, 0.5) is 8.78 Å². The summed E-state index contributed by atoms with van der Waals surface area (Å²) < 4.78 is 28.0. The lowest BCUT2D eigenvalue weighted by atomic mass is 10.2. The van der Waals surface area contributed by atoms with Gasteiger partial charge in [-0.25, -0.2) is 8.78 Å². The van der Waals surface area contributed by atoms with E-state index in [-0.39, 0.29) is 11.6 Å². The lowest BCUT2D eigenvalue weighted by Gasteiger charge is -1.95. The molecule has 1 heterocycles. The molecule has 1 aromatic heterocycles. The number of benzene rings is 2. The van der Waals surface area contributed by atoms with Crippen LogP contribution in [-0.4, -0.2) is 0 Å². The molecule has 0 aliphatic rings. The van der Waals surface area contributed by atoms with E-state index in [2.05, 4.69) is 0 Å². The van der Waals surface area contributed by atoms with Crippen molar-refractivity contribution in [1.82, 2.24) is 0 Å². The first-order valence-electron chi connectivity index (χ1n) is 5.63. The average molecular weight is 261 g/mol. The molecule has 0 spiro atoms. The lowest BCUT2D eigenvalue weighted by Crippen LogP contribution is -1.78. The van der Waals surface area contributed by atoms with E-state index in [1.807, 2.05) is 25.1 Å². The molecule has 0 saturated heterocycles. The van der Waals surface area contributed by atoms with Gasteiger partial charge in [-0.05, 0) is 24.3 Å². The summed E-state index contributed by atoms with van der Waals surface area (Å²) >= 11 is 0. The average Bonchev–Trinajstić information content (AvgIpc) is 2.67. The third-order valence-electron chi connectivity index (χ3n) is 2.91. The zero-order chi connectivity index (χ0) is 12.7. The van der Waals surface area contributed by atoms with Gasteiger partial charge in [0, 0.05) is 34.9 Å². The number of aryl methyl sites for hydroxylation is 1. The first-order chi connectivity index (χ1) is 8.66. The minimum atomic E-state index is -0.486. The van der Waals surface area contributed by atoms with Gasteiger partial charge in [-0.15, -0.1) is 0 Å². The minimum absolute atomic E-state index is 0.215. The summed E-state index contributed by atoms with van der Waals surface area (Å²) in [4.78, 5) is 1.90. The number of hydrogen-bond donors (Lipinski definition) is 0. The summed E-state index contributed by atoms with van der Waals surface area (Å²) in [5.74, 6) is -0.495. The Morgan fingerprint density at radius 3 is 2.50 bits per heavy atom. The summed E-state index contributed by atoms with van der Waals surface area (Å²) in [6.45, 7) is 1.97. The van der Waals surface area contributed by atoms with Gasteiger partial charge in [0.05, 0.1) is 0 Å². The maximum Gasteiger partial charge on any atom is 0.222 e. The Morgan fingerprint density at radius 2 is 1.72 bits per heavy atom. The van der Waals surface area contributed by atoms with E-state index in [1.165, 1.54) is 18.2 Å². The molecule has 0 aliphatic heterocycles. The van der Waals surface area contributed by atoms with Crippen LogP contribution in [0.3, 0.4) is 0 Å². The first kappa shape index (κ1) is 11.4. The second kappa shape index (κ2) is 4.18. The highest BCUT2D eigenvalue weighted by Crippen LogP contribution is 2.44. The van der Waals surface area contributed by atoms with Gasteiger partial charge in [-0.1, -0.05) is 12.1 Å². The monoisotopic (exact) mass is 261 g/mol. The number of rotatable bonds is 1. The van der Waals surface area contributed by atoms with E-state index in [1.54, 1.807) is 12.1 Å². The SMILES string of the molecule is Cc1cc2cccc(F)c2[s+]1-c1cccc(F)c1. The minimum Gasteiger partial charge on any atom is -0.207 e. The number of thiophene rings is 1. The van der Waals surface area contributed by atoms with Crippen LogP contribution in [0.2, 0.25) is 0 Å². The molecular weight excluding hydrogens is 250 g/mol. The molecule has 0 fully saturated rings. The maximum atomic E-state index is 14.0. The summed E-state index contributed by atoms with van der Waals surface area (Å²) in [5.41, 5.74) is 0. The van der Waals surface area contributed by atoms with E-state index < -0.39 is 10.5 Å². The Kier molecular flexibility index (Phi) is 2.63. The zero-order valence-electron chi connectivity index (χ0n) is 9.78. The van der Waals surface area contributed by atoms with Gasteiger partial charge < -0.3 is 0 Å². The number of fused-ring (bicyclic) bond motifs is 1. The molecule has 0 radical (unpaired) electrons. The lowest BCUT2D eigenvalue weighted by molar-refractivity contribution is 0.628. The largest absolute Gasteiger partial charge is 0.222 e. The molecule has 18 heavy (non-hydrogen) atoms. The van der Waals surface area contributed by atoms with E-state index in [0.717, 1.165) is 15.2 Å². The van der Waals surface area contributed by atoms with Crippen LogP contribution in [0.25, 0.3) is 15.0 Å². The quantitative estimate of drug-likeness (QED) is 0.530. The molecule has 2 aromatic carbocycles. The van der Waals surface area contributed by atoms with Crippen LogP contribution in [-0.2, 0) is 0 Å². The van der Waals surface area contributed by atoms with Gasteiger partial charge in [-0.3, -0.25) is 0 Å². The Morgan fingerprint density at radius 1 is 0.944 bits per heavy atom. The van der Waals surface area contributed by atoms with Crippen molar-refractivity contribution in [2.75, 3.05) is 0 Å². The van der Waals surface area contributed by atoms with Crippen molar-refractivity contribution < 1.29 is 8.78 Å². The van der Waals surface area contributed by atoms with Gasteiger partial charge in [0.15, 0.2) is 15.6 Å². The summed E-state index contributed by atoms with van der Waals surface area (Å²) in [6.07, 6.45) is 0. The molecule has 3 heteroatoms. The van der Waals surface area contributed by atoms with Crippen LogP contribution >= 0.6 is 10.5 Å². The third-order valence-corrected chi connectivity index (χ3v) is 5.24. The second-order valence-electron chi connectivity index (χ2n) is 4.18. The highest BCUT2D eigenvalue weighted by Gasteiger charge is 2.23. The topological polar surface area (TPSA) is 0 Å². The van der Waals surface area contributed by atoms with Gasteiger partial charge in [0.2, 0.25) is 4.70 Å². The molecule has 0 aliphatic carbocycles. The van der Waals surface area contributed by atoms with Crippen LogP contribution in [0, 0.1) is 18.6 Å². The smallest absolute Gasteiger partial charge is 0.207 e. The normalized spacial score (nSPS) is 12.1. The van der Waals surface area contributed by atoms with E-state index >= 15 is 0 Å². The van der Waals surface area contributed by atoms with Crippen molar-refractivity contribution in [3.8, 4) is 4.90 Å². The van der Waals surface area contributed by atoms with Crippen LogP contribution in [0.15, 0.2) is 48.5 Å². The first-order valence-corrected chi connectivity index (χ1v) is 6.86. The van der Waals surface area contributed by atoms with Crippen molar-refractivity contribution in [3.63, 3.8) is 0 Å². The van der Waals surface area contributed by atoms with Gasteiger partial charge in [0.1, 0.15) is 5.82 Å². The number of hydrogen-bond acceptors (Lipinski definition) is 0. The van der Waals surface area contributed by atoms with Crippen LogP contribution in [0.5, 0.6) is 0 Å². The molecule has 0 amide bonds. The van der Waals surface area contributed by atoms with Crippen molar-refractivity contribution in [2.24, 2.45) is 0 Å². The van der Waals surface area contributed by atoms with Crippen molar-refractivity contribution in [1.29, 1.82) is 0 Å². The molecule has 0 saturated carbocycles. The van der Waals surface area contributed by atoms with Crippen LogP contribution < -0.4 is 0 Å². The number of halogens is 2. The van der Waals surface area contributed by atoms with E-state index in [9.17, 15) is 8.78 Å². The molecule has 0 bridgehead atoms. The fraction of sp³-hybridized carbons (Fsp3) is 0.0667.